The van der Waals surface area contributed by atoms with Crippen LogP contribution in [0.4, 0.5) is 0 Å². The van der Waals surface area contributed by atoms with E-state index in [1.165, 1.54) is 37.9 Å². The number of benzene rings is 6. The fraction of sp³-hybridized carbons (Fsp3) is 0. The van der Waals surface area contributed by atoms with Gasteiger partial charge in [0.15, 0.2) is 5.82 Å². The van der Waals surface area contributed by atoms with Crippen LogP contribution in [0.5, 0.6) is 0 Å². The topological polar surface area (TPSA) is 25.8 Å². The molecule has 2 heterocycles. The smallest absolute Gasteiger partial charge is 0.161 e. The summed E-state index contributed by atoms with van der Waals surface area (Å²) in [6.07, 6.45) is 0. The Bertz CT molecular complexity index is 2230. The van der Waals surface area contributed by atoms with E-state index < -0.39 is 0 Å². The van der Waals surface area contributed by atoms with Gasteiger partial charge in [-0.15, -0.1) is 11.3 Å². The van der Waals surface area contributed by atoms with Crippen molar-refractivity contribution < 1.29 is 0 Å². The van der Waals surface area contributed by atoms with Gasteiger partial charge in [-0.05, 0) is 57.6 Å². The Kier molecular flexibility index (Phi) is 6.36. The van der Waals surface area contributed by atoms with Gasteiger partial charge in [-0.3, -0.25) is 0 Å². The molecule has 2 aromatic heterocycles. The number of thiophene rings is 1. The monoisotopic (exact) mass is 566 g/mol. The normalized spacial score (nSPS) is 11.3. The molecule has 43 heavy (non-hydrogen) atoms. The van der Waals surface area contributed by atoms with Crippen LogP contribution in [0.25, 0.3) is 76.3 Å². The fourth-order valence-electron chi connectivity index (χ4n) is 5.78. The van der Waals surface area contributed by atoms with Gasteiger partial charge in [0.2, 0.25) is 0 Å². The van der Waals surface area contributed by atoms with Crippen LogP contribution in [-0.4, -0.2) is 9.97 Å². The lowest BCUT2D eigenvalue weighted by Gasteiger charge is -2.11. The lowest BCUT2D eigenvalue weighted by Crippen LogP contribution is -1.94. The van der Waals surface area contributed by atoms with Crippen molar-refractivity contribution in [3.63, 3.8) is 0 Å². The Morgan fingerprint density at radius 1 is 0.372 bits per heavy atom. The zero-order valence-electron chi connectivity index (χ0n) is 23.3. The first kappa shape index (κ1) is 25.3. The zero-order valence-corrected chi connectivity index (χ0v) is 24.1. The van der Waals surface area contributed by atoms with E-state index >= 15 is 0 Å². The molecule has 0 N–H and O–H groups in total. The summed E-state index contributed by atoms with van der Waals surface area (Å²) in [4.78, 5) is 11.5. The van der Waals surface area contributed by atoms with E-state index in [4.69, 9.17) is 9.97 Å². The molecular weight excluding hydrogens is 541 g/mol. The average Bonchev–Trinajstić information content (AvgIpc) is 3.47. The molecule has 6 aromatic carbocycles. The van der Waals surface area contributed by atoms with Crippen LogP contribution in [0.1, 0.15) is 0 Å². The van der Waals surface area contributed by atoms with Gasteiger partial charge in [-0.1, -0.05) is 133 Å². The second kappa shape index (κ2) is 10.8. The highest BCUT2D eigenvalue weighted by Gasteiger charge is 2.17. The fourth-order valence-corrected chi connectivity index (χ4v) is 6.86. The number of nitrogens with zero attached hydrogens (tertiary/aromatic N) is 2. The highest BCUT2D eigenvalue weighted by molar-refractivity contribution is 7.25. The van der Waals surface area contributed by atoms with Gasteiger partial charge in [0.25, 0.3) is 0 Å². The van der Waals surface area contributed by atoms with Crippen molar-refractivity contribution >= 4 is 31.6 Å². The molecule has 3 heteroatoms. The lowest BCUT2D eigenvalue weighted by molar-refractivity contribution is 1.24. The van der Waals surface area contributed by atoms with Crippen molar-refractivity contribution in [2.75, 3.05) is 0 Å². The van der Waals surface area contributed by atoms with Gasteiger partial charge in [0, 0.05) is 26.6 Å². The molecule has 0 aliphatic heterocycles. The SMILES string of the molecule is c1ccc(-c2cccc(-c3cccc(-c4nc(-c5cccc(-c6ccccc6)c5)c5c(n4)sc4ccccc45)c3)c2)cc1. The molecule has 0 fully saturated rings. The molecule has 0 radical (unpaired) electrons. The molecule has 202 valence electrons. The van der Waals surface area contributed by atoms with Crippen molar-refractivity contribution in [3.8, 4) is 56.0 Å². The van der Waals surface area contributed by atoms with E-state index in [2.05, 4.69) is 158 Å². The lowest BCUT2D eigenvalue weighted by atomic mass is 9.97. The molecule has 8 aromatic rings. The third kappa shape index (κ3) is 4.80. The maximum absolute atomic E-state index is 5.29. The Labute approximate surface area is 254 Å². The number of hydrogen-bond donors (Lipinski definition) is 0. The highest BCUT2D eigenvalue weighted by atomic mass is 32.1. The summed E-state index contributed by atoms with van der Waals surface area (Å²) < 4.78 is 1.22. The van der Waals surface area contributed by atoms with Crippen molar-refractivity contribution in [2.24, 2.45) is 0 Å². The molecule has 0 spiro atoms. The molecule has 0 aliphatic rings. The van der Waals surface area contributed by atoms with E-state index in [0.29, 0.717) is 0 Å². The Morgan fingerprint density at radius 3 is 1.49 bits per heavy atom. The van der Waals surface area contributed by atoms with Crippen LogP contribution in [0.2, 0.25) is 0 Å². The first-order valence-corrected chi connectivity index (χ1v) is 15.2. The van der Waals surface area contributed by atoms with E-state index in [1.54, 1.807) is 11.3 Å². The van der Waals surface area contributed by atoms with Gasteiger partial charge in [0.1, 0.15) is 4.83 Å². The number of aromatic nitrogens is 2. The van der Waals surface area contributed by atoms with Crippen LogP contribution < -0.4 is 0 Å². The number of rotatable bonds is 5. The molecule has 0 aliphatic carbocycles. The number of hydrogen-bond acceptors (Lipinski definition) is 3. The minimum absolute atomic E-state index is 0.736. The Balaban J connectivity index is 1.29. The molecule has 0 bridgehead atoms. The van der Waals surface area contributed by atoms with E-state index in [9.17, 15) is 0 Å². The zero-order chi connectivity index (χ0) is 28.6. The summed E-state index contributed by atoms with van der Waals surface area (Å²) in [5.41, 5.74) is 10.1. The second-order valence-corrected chi connectivity index (χ2v) is 11.7. The Morgan fingerprint density at radius 2 is 0.837 bits per heavy atom. The van der Waals surface area contributed by atoms with Crippen LogP contribution in [0.3, 0.4) is 0 Å². The van der Waals surface area contributed by atoms with E-state index in [0.717, 1.165) is 38.4 Å². The van der Waals surface area contributed by atoms with Gasteiger partial charge in [-0.25, -0.2) is 9.97 Å². The summed E-state index contributed by atoms with van der Waals surface area (Å²) in [7, 11) is 0. The third-order valence-electron chi connectivity index (χ3n) is 7.91. The summed E-state index contributed by atoms with van der Waals surface area (Å²) in [6, 6.07) is 55.6. The van der Waals surface area contributed by atoms with Crippen molar-refractivity contribution in [3.05, 3.63) is 158 Å². The van der Waals surface area contributed by atoms with Gasteiger partial charge in [0.05, 0.1) is 5.69 Å². The van der Waals surface area contributed by atoms with Crippen LogP contribution in [0, 0.1) is 0 Å². The van der Waals surface area contributed by atoms with Crippen molar-refractivity contribution in [1.29, 1.82) is 0 Å². The third-order valence-corrected chi connectivity index (χ3v) is 8.97. The first-order valence-electron chi connectivity index (χ1n) is 14.4. The van der Waals surface area contributed by atoms with E-state index in [-0.39, 0.29) is 0 Å². The minimum atomic E-state index is 0.736. The molecular formula is C40H26N2S. The second-order valence-electron chi connectivity index (χ2n) is 10.6. The molecule has 0 amide bonds. The molecule has 8 rings (SSSR count). The highest BCUT2D eigenvalue weighted by Crippen LogP contribution is 2.40. The summed E-state index contributed by atoms with van der Waals surface area (Å²) >= 11 is 1.73. The van der Waals surface area contributed by atoms with Crippen molar-refractivity contribution in [2.45, 2.75) is 0 Å². The molecule has 0 atom stereocenters. The van der Waals surface area contributed by atoms with Gasteiger partial charge >= 0.3 is 0 Å². The van der Waals surface area contributed by atoms with Gasteiger partial charge < -0.3 is 0 Å². The van der Waals surface area contributed by atoms with Crippen molar-refractivity contribution in [1.82, 2.24) is 9.97 Å². The molecule has 0 saturated carbocycles. The quantitative estimate of drug-likeness (QED) is 0.207. The predicted octanol–water partition coefficient (Wildman–Crippen LogP) is 11.2. The van der Waals surface area contributed by atoms with Crippen LogP contribution >= 0.6 is 11.3 Å². The molecule has 0 saturated heterocycles. The maximum atomic E-state index is 5.29. The van der Waals surface area contributed by atoms with Gasteiger partial charge in [-0.2, -0.15) is 0 Å². The Hall–Kier alpha value is -5.38. The average molecular weight is 567 g/mol. The first-order chi connectivity index (χ1) is 21.3. The van der Waals surface area contributed by atoms with Crippen LogP contribution in [-0.2, 0) is 0 Å². The molecule has 0 unspecified atom stereocenters. The number of fused-ring (bicyclic) bond motifs is 3. The van der Waals surface area contributed by atoms with Crippen LogP contribution in [0.15, 0.2) is 158 Å². The summed E-state index contributed by atoms with van der Waals surface area (Å²) in [5, 5.41) is 2.31. The maximum Gasteiger partial charge on any atom is 0.161 e. The summed E-state index contributed by atoms with van der Waals surface area (Å²) in [5.74, 6) is 0.736. The minimum Gasteiger partial charge on any atom is -0.227 e. The van der Waals surface area contributed by atoms with E-state index in [1.807, 2.05) is 0 Å². The molecule has 2 nitrogen and oxygen atoms in total. The standard InChI is InChI=1S/C40H26N2S/c1-3-12-27(13-4-1)29-16-9-18-31(24-29)32-19-11-21-34(26-32)39-41-38(37-35-22-7-8-23-36(35)43-40(37)42-39)33-20-10-17-30(25-33)28-14-5-2-6-15-28/h1-26H. The largest absolute Gasteiger partial charge is 0.227 e. The predicted molar refractivity (Wildman–Crippen MR) is 182 cm³/mol. The summed E-state index contributed by atoms with van der Waals surface area (Å²) in [6.45, 7) is 0.